The quantitative estimate of drug-likeness (QED) is 0.101. The van der Waals surface area contributed by atoms with Gasteiger partial charge >= 0.3 is 0 Å². The average Bonchev–Trinajstić information content (AvgIpc) is 3.68. The Morgan fingerprint density at radius 1 is 0.493 bits per heavy atom. The van der Waals surface area contributed by atoms with Gasteiger partial charge in [-0.25, -0.2) is 0 Å². The number of rotatable bonds is 10. The van der Waals surface area contributed by atoms with Crippen molar-refractivity contribution in [3.63, 3.8) is 0 Å². The Morgan fingerprint density at radius 3 is 1.94 bits per heavy atom. The van der Waals surface area contributed by atoms with Crippen LogP contribution in [-0.4, -0.2) is 5.71 Å². The van der Waals surface area contributed by atoms with Gasteiger partial charge in [-0.05, 0) is 124 Å². The minimum atomic E-state index is 0.574. The second kappa shape index (κ2) is 16.2. The lowest BCUT2D eigenvalue weighted by atomic mass is 9.86. The summed E-state index contributed by atoms with van der Waals surface area (Å²) in [6.45, 7) is 2.88. The van der Waals surface area contributed by atoms with E-state index >= 15 is 0 Å². The molecular weight excluding hydrogens is 879 g/mol. The minimum absolute atomic E-state index is 0.574. The van der Waals surface area contributed by atoms with Crippen LogP contribution in [0, 0.1) is 0 Å². The van der Waals surface area contributed by atoms with E-state index in [4.69, 9.17) is 13.8 Å². The molecule has 1 aliphatic rings. The van der Waals surface area contributed by atoms with Crippen molar-refractivity contribution in [1.82, 2.24) is 0 Å². The molecule has 0 N–H and O–H groups in total. The molecular formula is C64H43NO2S2. The highest BCUT2D eigenvalue weighted by Crippen LogP contribution is 2.46. The maximum Gasteiger partial charge on any atom is 0.136 e. The molecule has 0 saturated heterocycles. The molecule has 13 aromatic rings. The Bertz CT molecular complexity index is 4320. The Kier molecular flexibility index (Phi) is 9.43. The Balaban J connectivity index is 0.978. The van der Waals surface area contributed by atoms with Crippen LogP contribution in [0.1, 0.15) is 42.9 Å². The Labute approximate surface area is 406 Å². The highest BCUT2D eigenvalue weighted by atomic mass is 32.1. The predicted molar refractivity (Wildman–Crippen MR) is 295 cm³/mol. The topological polar surface area (TPSA) is 38.6 Å². The van der Waals surface area contributed by atoms with Gasteiger partial charge in [0.15, 0.2) is 0 Å². The number of aliphatic imine (C=N–C) groups is 1. The molecule has 4 aromatic heterocycles. The molecule has 5 heteroatoms. The molecule has 0 fully saturated rings. The normalized spacial score (nSPS) is 13.5. The van der Waals surface area contributed by atoms with Crippen molar-refractivity contribution in [2.24, 2.45) is 4.99 Å². The lowest BCUT2D eigenvalue weighted by Gasteiger charge is -2.19. The maximum absolute atomic E-state index is 6.80. The zero-order valence-electron chi connectivity index (χ0n) is 37.9. The average molecular weight is 922 g/mol. The van der Waals surface area contributed by atoms with E-state index in [1.807, 2.05) is 28.7 Å². The van der Waals surface area contributed by atoms with Gasteiger partial charge < -0.3 is 8.83 Å². The summed E-state index contributed by atoms with van der Waals surface area (Å²) in [7, 11) is 0. The maximum atomic E-state index is 6.80. The molecule has 14 rings (SSSR count). The van der Waals surface area contributed by atoms with Crippen LogP contribution < -0.4 is 0 Å². The van der Waals surface area contributed by atoms with Crippen molar-refractivity contribution >= 4 is 118 Å². The SMILES string of the molecule is CCC(/C(=N\Cc1ccc2c(c1)sc1ccccc12)c1ccc2c(c1)sc1ccccc12)=C(/CC1=CC1)c1cccc2oc3ccc(-c4cc(-c5ccccc5)cc5oc6ccccc6c45)cc3c12. The fourth-order valence-corrected chi connectivity index (χ4v) is 13.0. The van der Waals surface area contributed by atoms with E-state index in [1.165, 1.54) is 68.2 Å². The van der Waals surface area contributed by atoms with Crippen LogP contribution >= 0.6 is 22.7 Å². The standard InChI is InChI=1S/C64H43NO2S2/c1-2-44(64(42-26-29-48-46-16-8-11-22-59(46)69-61(48)36-42)65-37-39-25-28-47-45-15-7-10-21-58(45)68-60(47)32-39)52(31-38-23-24-38)49-18-12-20-56-62(49)53-33-41(27-30-55(53)66-56)51-34-43(40-13-4-3-5-14-40)35-57-63(51)50-17-6-9-19-54(50)67-57/h3-23,25-30,32-36H,2,24,31,37H2,1H3/b52-44+,65-64-. The zero-order chi connectivity index (χ0) is 45.6. The second-order valence-corrected chi connectivity index (χ2v) is 20.5. The summed E-state index contributed by atoms with van der Waals surface area (Å²) >= 11 is 3.73. The molecule has 0 aliphatic heterocycles. The second-order valence-electron chi connectivity index (χ2n) is 18.3. The first kappa shape index (κ1) is 40.3. The number of benzene rings is 9. The van der Waals surface area contributed by atoms with Gasteiger partial charge in [0.05, 0.1) is 12.3 Å². The molecule has 9 aromatic carbocycles. The lowest BCUT2D eigenvalue weighted by Crippen LogP contribution is -2.09. The molecule has 0 atom stereocenters. The summed E-state index contributed by atoms with van der Waals surface area (Å²) < 4.78 is 18.6. The predicted octanol–water partition coefficient (Wildman–Crippen LogP) is 19.1. The summed E-state index contributed by atoms with van der Waals surface area (Å²) in [6, 6.07) is 68.3. The third-order valence-electron chi connectivity index (χ3n) is 14.1. The van der Waals surface area contributed by atoms with Crippen LogP contribution in [0.15, 0.2) is 219 Å². The van der Waals surface area contributed by atoms with Gasteiger partial charge in [-0.2, -0.15) is 0 Å². The van der Waals surface area contributed by atoms with Gasteiger partial charge in [-0.15, -0.1) is 22.7 Å². The zero-order valence-corrected chi connectivity index (χ0v) is 39.5. The van der Waals surface area contributed by atoms with Crippen molar-refractivity contribution in [2.45, 2.75) is 32.7 Å². The van der Waals surface area contributed by atoms with Crippen LogP contribution in [0.25, 0.3) is 112 Å². The van der Waals surface area contributed by atoms with Crippen molar-refractivity contribution in [1.29, 1.82) is 0 Å². The molecule has 0 unspecified atom stereocenters. The smallest absolute Gasteiger partial charge is 0.136 e. The van der Waals surface area contributed by atoms with Crippen LogP contribution in [0.4, 0.5) is 0 Å². The third-order valence-corrected chi connectivity index (χ3v) is 16.4. The largest absolute Gasteiger partial charge is 0.456 e. The van der Waals surface area contributed by atoms with Gasteiger partial charge in [0.2, 0.25) is 0 Å². The molecule has 0 amide bonds. The van der Waals surface area contributed by atoms with Crippen molar-refractivity contribution < 1.29 is 8.83 Å². The summed E-state index contributed by atoms with van der Waals surface area (Å²) in [5, 5.41) is 9.69. The monoisotopic (exact) mass is 921 g/mol. The number of para-hydroxylation sites is 1. The van der Waals surface area contributed by atoms with Crippen LogP contribution in [-0.2, 0) is 6.54 Å². The van der Waals surface area contributed by atoms with Crippen molar-refractivity contribution in [2.75, 3.05) is 0 Å². The fraction of sp³-hybridized carbons (Fsp3) is 0.0781. The van der Waals surface area contributed by atoms with E-state index in [0.717, 1.165) is 96.7 Å². The first-order chi connectivity index (χ1) is 34.1. The van der Waals surface area contributed by atoms with Crippen molar-refractivity contribution in [3.05, 3.63) is 222 Å². The lowest BCUT2D eigenvalue weighted by molar-refractivity contribution is 0.669. The van der Waals surface area contributed by atoms with Crippen molar-refractivity contribution in [3.8, 4) is 22.3 Å². The molecule has 4 heterocycles. The van der Waals surface area contributed by atoms with Crippen LogP contribution in [0.5, 0.6) is 0 Å². The molecule has 0 bridgehead atoms. The van der Waals surface area contributed by atoms with Gasteiger partial charge in [0, 0.05) is 67.5 Å². The number of thiophene rings is 2. The van der Waals surface area contributed by atoms with E-state index in [-0.39, 0.29) is 0 Å². The Morgan fingerprint density at radius 2 is 1.16 bits per heavy atom. The molecule has 69 heavy (non-hydrogen) atoms. The van der Waals surface area contributed by atoms with E-state index in [2.05, 4.69) is 195 Å². The minimum Gasteiger partial charge on any atom is -0.456 e. The first-order valence-electron chi connectivity index (χ1n) is 23.9. The Hall–Kier alpha value is -7.83. The highest BCUT2D eigenvalue weighted by molar-refractivity contribution is 7.26. The summed E-state index contributed by atoms with van der Waals surface area (Å²) in [4.78, 5) is 5.71. The summed E-state index contributed by atoms with van der Waals surface area (Å²) in [5.74, 6) is 0. The molecule has 0 saturated carbocycles. The van der Waals surface area contributed by atoms with Crippen LogP contribution in [0.3, 0.4) is 0 Å². The van der Waals surface area contributed by atoms with Gasteiger partial charge in [0.1, 0.15) is 22.3 Å². The third kappa shape index (κ3) is 6.87. The number of allylic oxidation sites excluding steroid dienone is 4. The highest BCUT2D eigenvalue weighted by Gasteiger charge is 2.24. The summed E-state index contributed by atoms with van der Waals surface area (Å²) in [6.07, 6.45) is 5.08. The number of hydrogen-bond donors (Lipinski definition) is 0. The first-order valence-corrected chi connectivity index (χ1v) is 25.5. The molecule has 328 valence electrons. The molecule has 0 radical (unpaired) electrons. The van der Waals surface area contributed by atoms with Gasteiger partial charge in [-0.1, -0.05) is 146 Å². The van der Waals surface area contributed by atoms with E-state index in [1.54, 1.807) is 0 Å². The van der Waals surface area contributed by atoms with E-state index < -0.39 is 0 Å². The van der Waals surface area contributed by atoms with E-state index in [0.29, 0.717) is 6.54 Å². The number of nitrogens with zero attached hydrogens (tertiary/aromatic N) is 1. The van der Waals surface area contributed by atoms with Gasteiger partial charge in [-0.3, -0.25) is 4.99 Å². The molecule has 1 aliphatic carbocycles. The van der Waals surface area contributed by atoms with Crippen LogP contribution in [0.2, 0.25) is 0 Å². The molecule has 3 nitrogen and oxygen atoms in total. The number of fused-ring (bicyclic) bond motifs is 12. The molecule has 0 spiro atoms. The number of hydrogen-bond acceptors (Lipinski definition) is 5. The number of furan rings is 2. The fourth-order valence-electron chi connectivity index (χ4n) is 10.7. The van der Waals surface area contributed by atoms with Gasteiger partial charge in [0.25, 0.3) is 0 Å². The van der Waals surface area contributed by atoms with E-state index in [9.17, 15) is 0 Å². The summed E-state index contributed by atoms with van der Waals surface area (Å²) in [5.41, 5.74) is 16.7.